The molecule has 1 amide bonds. The number of hydrogen-bond donors (Lipinski definition) is 1. The Morgan fingerprint density at radius 1 is 1.12 bits per heavy atom. The number of rotatable bonds is 6. The largest absolute Gasteiger partial charge is 0.491 e. The maximum absolute atomic E-state index is 12.5. The molecular formula is C28H40N2O2. The standard InChI is InChI=1S/C28H40N2O2/c1-8-21(4)32-25-12-11-23-18-30(13-9-10-22(23)16-25)24-14-19(2)27(20(3)15-24)29-26(31)17-28(5,6)7/h11-12,14-16,21H,8-10,13,17-18H2,1-7H3,(H,29,31). The lowest BCUT2D eigenvalue weighted by Crippen LogP contribution is -2.23. The van der Waals surface area contributed by atoms with Crippen LogP contribution in [0.15, 0.2) is 30.3 Å². The molecule has 1 atom stereocenters. The number of nitrogens with zero attached hydrogens (tertiary/aromatic N) is 1. The number of fused-ring (bicyclic) bond motifs is 1. The van der Waals surface area contributed by atoms with Gasteiger partial charge in [-0.3, -0.25) is 4.79 Å². The van der Waals surface area contributed by atoms with Gasteiger partial charge in [-0.15, -0.1) is 0 Å². The Kier molecular flexibility index (Phi) is 7.53. The monoisotopic (exact) mass is 436 g/mol. The molecule has 1 aliphatic rings. The highest BCUT2D eigenvalue weighted by Gasteiger charge is 2.20. The van der Waals surface area contributed by atoms with E-state index in [-0.39, 0.29) is 17.4 Å². The minimum atomic E-state index is -0.0231. The number of carbonyl (C=O) groups excluding carboxylic acids is 1. The zero-order chi connectivity index (χ0) is 23.5. The molecule has 0 bridgehead atoms. The Morgan fingerprint density at radius 2 is 1.81 bits per heavy atom. The molecule has 0 radical (unpaired) electrons. The van der Waals surface area contributed by atoms with E-state index < -0.39 is 0 Å². The Bertz CT molecular complexity index is 935. The summed E-state index contributed by atoms with van der Waals surface area (Å²) in [5.74, 6) is 1.06. The van der Waals surface area contributed by atoms with Crippen molar-refractivity contribution in [2.75, 3.05) is 16.8 Å². The fourth-order valence-corrected chi connectivity index (χ4v) is 4.33. The number of hydrogen-bond acceptors (Lipinski definition) is 3. The van der Waals surface area contributed by atoms with Crippen LogP contribution in [0, 0.1) is 19.3 Å². The molecule has 32 heavy (non-hydrogen) atoms. The summed E-state index contributed by atoms with van der Waals surface area (Å²) < 4.78 is 6.04. The third kappa shape index (κ3) is 6.27. The van der Waals surface area contributed by atoms with E-state index in [0.717, 1.165) is 54.9 Å². The highest BCUT2D eigenvalue weighted by molar-refractivity contribution is 5.93. The normalized spacial score (nSPS) is 15.0. The van der Waals surface area contributed by atoms with E-state index in [1.165, 1.54) is 16.8 Å². The van der Waals surface area contributed by atoms with E-state index in [1.54, 1.807) is 0 Å². The van der Waals surface area contributed by atoms with Crippen molar-refractivity contribution >= 4 is 17.3 Å². The molecule has 0 aliphatic carbocycles. The minimum absolute atomic E-state index is 0.0231. The topological polar surface area (TPSA) is 41.6 Å². The molecule has 1 unspecified atom stereocenters. The Hall–Kier alpha value is -2.49. The van der Waals surface area contributed by atoms with Crippen LogP contribution >= 0.6 is 0 Å². The van der Waals surface area contributed by atoms with Gasteiger partial charge in [0.15, 0.2) is 0 Å². The summed E-state index contributed by atoms with van der Waals surface area (Å²) in [6.45, 7) is 16.6. The van der Waals surface area contributed by atoms with Crippen LogP contribution in [-0.2, 0) is 17.8 Å². The Labute approximate surface area is 194 Å². The SMILES string of the molecule is CCC(C)Oc1ccc2c(c1)CCCN(c1cc(C)c(NC(=O)CC(C)(C)C)c(C)c1)C2. The van der Waals surface area contributed by atoms with Crippen LogP contribution in [0.4, 0.5) is 11.4 Å². The van der Waals surface area contributed by atoms with Gasteiger partial charge in [-0.25, -0.2) is 0 Å². The van der Waals surface area contributed by atoms with Gasteiger partial charge in [0.05, 0.1) is 6.10 Å². The highest BCUT2D eigenvalue weighted by atomic mass is 16.5. The smallest absolute Gasteiger partial charge is 0.224 e. The molecular weight excluding hydrogens is 396 g/mol. The summed E-state index contributed by atoms with van der Waals surface area (Å²) >= 11 is 0. The number of amides is 1. The third-order valence-electron chi connectivity index (χ3n) is 6.16. The Morgan fingerprint density at radius 3 is 2.44 bits per heavy atom. The number of benzene rings is 2. The first-order chi connectivity index (χ1) is 15.1. The molecule has 174 valence electrons. The van der Waals surface area contributed by atoms with Crippen molar-refractivity contribution in [2.45, 2.75) is 86.8 Å². The number of ether oxygens (including phenoxy) is 1. The molecule has 1 N–H and O–H groups in total. The first-order valence-corrected chi connectivity index (χ1v) is 12.0. The van der Waals surface area contributed by atoms with E-state index in [2.05, 4.69) is 89.0 Å². The predicted octanol–water partition coefficient (Wildman–Crippen LogP) is 6.81. The third-order valence-corrected chi connectivity index (χ3v) is 6.16. The molecule has 0 saturated carbocycles. The summed E-state index contributed by atoms with van der Waals surface area (Å²) in [5, 5.41) is 3.15. The number of nitrogens with one attached hydrogen (secondary N) is 1. The molecule has 2 aromatic rings. The highest BCUT2D eigenvalue weighted by Crippen LogP contribution is 2.32. The van der Waals surface area contributed by atoms with E-state index in [4.69, 9.17) is 4.74 Å². The minimum Gasteiger partial charge on any atom is -0.491 e. The van der Waals surface area contributed by atoms with Crippen molar-refractivity contribution in [1.82, 2.24) is 0 Å². The average Bonchev–Trinajstić information content (AvgIpc) is 2.91. The van der Waals surface area contributed by atoms with Gasteiger partial charge >= 0.3 is 0 Å². The Balaban J connectivity index is 1.78. The maximum atomic E-state index is 12.5. The molecule has 0 spiro atoms. The van der Waals surface area contributed by atoms with Crippen LogP contribution in [0.2, 0.25) is 0 Å². The van der Waals surface area contributed by atoms with Crippen LogP contribution in [0.25, 0.3) is 0 Å². The summed E-state index contributed by atoms with van der Waals surface area (Å²) in [6.07, 6.45) is 3.95. The molecule has 1 aliphatic heterocycles. The van der Waals surface area contributed by atoms with E-state index >= 15 is 0 Å². The maximum Gasteiger partial charge on any atom is 0.224 e. The second-order valence-electron chi connectivity index (χ2n) is 10.5. The van der Waals surface area contributed by atoms with Gasteiger partial charge in [-0.05, 0) is 92.0 Å². The summed E-state index contributed by atoms with van der Waals surface area (Å²) in [7, 11) is 0. The van der Waals surface area contributed by atoms with Crippen LogP contribution < -0.4 is 15.0 Å². The van der Waals surface area contributed by atoms with Gasteiger partial charge in [0.2, 0.25) is 5.91 Å². The molecule has 1 heterocycles. The number of anilines is 2. The second-order valence-corrected chi connectivity index (χ2v) is 10.5. The zero-order valence-corrected chi connectivity index (χ0v) is 21.0. The van der Waals surface area contributed by atoms with Crippen LogP contribution in [0.1, 0.15) is 76.1 Å². The lowest BCUT2D eigenvalue weighted by molar-refractivity contribution is -0.117. The van der Waals surface area contributed by atoms with Crippen molar-refractivity contribution in [3.05, 3.63) is 52.6 Å². The van der Waals surface area contributed by atoms with Gasteiger partial charge in [0.25, 0.3) is 0 Å². The van der Waals surface area contributed by atoms with Gasteiger partial charge in [-0.1, -0.05) is 33.8 Å². The lowest BCUT2D eigenvalue weighted by atomic mass is 9.92. The van der Waals surface area contributed by atoms with Gasteiger partial charge in [0, 0.05) is 30.9 Å². The van der Waals surface area contributed by atoms with Crippen LogP contribution in [0.5, 0.6) is 5.75 Å². The molecule has 0 aromatic heterocycles. The lowest BCUT2D eigenvalue weighted by Gasteiger charge is -2.26. The first-order valence-electron chi connectivity index (χ1n) is 12.0. The molecule has 4 nitrogen and oxygen atoms in total. The van der Waals surface area contributed by atoms with Crippen LogP contribution in [-0.4, -0.2) is 18.6 Å². The summed E-state index contributed by atoms with van der Waals surface area (Å²) in [4.78, 5) is 14.9. The second kappa shape index (κ2) is 9.97. The van der Waals surface area contributed by atoms with Crippen molar-refractivity contribution in [3.63, 3.8) is 0 Å². The number of aryl methyl sites for hydroxylation is 3. The van der Waals surface area contributed by atoms with E-state index in [0.29, 0.717) is 6.42 Å². The predicted molar refractivity (Wildman–Crippen MR) is 135 cm³/mol. The van der Waals surface area contributed by atoms with E-state index in [9.17, 15) is 4.79 Å². The fourth-order valence-electron chi connectivity index (χ4n) is 4.33. The molecule has 4 heteroatoms. The van der Waals surface area contributed by atoms with Gasteiger partial charge in [0.1, 0.15) is 5.75 Å². The van der Waals surface area contributed by atoms with Crippen molar-refractivity contribution in [3.8, 4) is 5.75 Å². The average molecular weight is 437 g/mol. The van der Waals surface area contributed by atoms with Crippen LogP contribution in [0.3, 0.4) is 0 Å². The van der Waals surface area contributed by atoms with E-state index in [1.807, 2.05) is 0 Å². The van der Waals surface area contributed by atoms with Gasteiger partial charge < -0.3 is 15.0 Å². The molecule has 0 saturated heterocycles. The summed E-state index contributed by atoms with van der Waals surface area (Å²) in [5.41, 5.74) is 7.15. The zero-order valence-electron chi connectivity index (χ0n) is 21.0. The molecule has 3 rings (SSSR count). The quantitative estimate of drug-likeness (QED) is 0.541. The molecule has 2 aromatic carbocycles. The molecule has 0 fully saturated rings. The first kappa shape index (κ1) is 24.2. The van der Waals surface area contributed by atoms with Crippen molar-refractivity contribution in [2.24, 2.45) is 5.41 Å². The summed E-state index contributed by atoms with van der Waals surface area (Å²) in [6, 6.07) is 11.0. The van der Waals surface area contributed by atoms with Gasteiger partial charge in [-0.2, -0.15) is 0 Å². The number of carbonyl (C=O) groups is 1. The van der Waals surface area contributed by atoms with Crippen molar-refractivity contribution < 1.29 is 9.53 Å². The van der Waals surface area contributed by atoms with Crippen molar-refractivity contribution in [1.29, 1.82) is 0 Å². The fraction of sp³-hybridized carbons (Fsp3) is 0.536.